The molecular weight excluding hydrogens is 585 g/mol. The quantitative estimate of drug-likeness (QED) is 0.275. The molecule has 0 aromatic heterocycles. The van der Waals surface area contributed by atoms with Gasteiger partial charge in [0, 0.05) is 28.2 Å². The van der Waals surface area contributed by atoms with Gasteiger partial charge in [0.2, 0.25) is 11.8 Å². The van der Waals surface area contributed by atoms with Gasteiger partial charge >= 0.3 is 0 Å². The maximum absolute atomic E-state index is 14.1. The highest BCUT2D eigenvalue weighted by atomic mass is 35.5. The smallest absolute Gasteiger partial charge is 0.264 e. The number of ether oxygens (including phenoxy) is 1. The Hall–Kier alpha value is -3.27. The average Bonchev–Trinajstić information content (AvgIpc) is 2.93. The Bertz CT molecular complexity index is 1440. The van der Waals surface area contributed by atoms with Crippen molar-refractivity contribution in [3.63, 3.8) is 0 Å². The molecule has 3 rings (SSSR count). The molecule has 2 amide bonds. The van der Waals surface area contributed by atoms with Gasteiger partial charge in [-0.3, -0.25) is 13.9 Å². The number of sulfonamides is 1. The highest BCUT2D eigenvalue weighted by molar-refractivity contribution is 7.92. The summed E-state index contributed by atoms with van der Waals surface area (Å²) in [5.41, 5.74) is 1.60. The standard InChI is InChI=1S/C30H35Cl2N3O5S/c1-6-28(30(37)33-20(2)3)34(18-25-26(31)8-7-9-27(25)32)29(36)19-35(22-12-14-23(40-5)15-13-22)41(38,39)24-16-10-21(4)11-17-24/h7-17,20,28H,6,18-19H2,1-5H3,(H,33,37)/t28-/m0/s1. The van der Waals surface area contributed by atoms with Crippen LogP contribution in [0.25, 0.3) is 0 Å². The third-order valence-electron chi connectivity index (χ3n) is 6.46. The van der Waals surface area contributed by atoms with E-state index in [0.717, 1.165) is 9.87 Å². The van der Waals surface area contributed by atoms with Crippen LogP contribution in [0.5, 0.6) is 5.75 Å². The molecule has 0 bridgehead atoms. The summed E-state index contributed by atoms with van der Waals surface area (Å²) in [6, 6.07) is 16.6. The molecule has 0 aliphatic heterocycles. The van der Waals surface area contributed by atoms with Gasteiger partial charge in [-0.2, -0.15) is 0 Å². The summed E-state index contributed by atoms with van der Waals surface area (Å²) < 4.78 is 34.2. The second kappa shape index (κ2) is 14.1. The minimum atomic E-state index is -4.19. The summed E-state index contributed by atoms with van der Waals surface area (Å²) in [6.45, 7) is 6.61. The molecule has 1 N–H and O–H groups in total. The number of hydrogen-bond donors (Lipinski definition) is 1. The molecule has 0 unspecified atom stereocenters. The number of methoxy groups -OCH3 is 1. The molecule has 0 heterocycles. The molecule has 220 valence electrons. The van der Waals surface area contributed by atoms with E-state index in [1.807, 2.05) is 20.8 Å². The number of anilines is 1. The predicted molar refractivity (Wildman–Crippen MR) is 163 cm³/mol. The zero-order chi connectivity index (χ0) is 30.3. The van der Waals surface area contributed by atoms with Crippen molar-refractivity contribution in [1.82, 2.24) is 10.2 Å². The van der Waals surface area contributed by atoms with E-state index in [0.29, 0.717) is 21.4 Å². The van der Waals surface area contributed by atoms with Gasteiger partial charge in [0.15, 0.2) is 0 Å². The Kier molecular flexibility index (Phi) is 11.1. The number of nitrogens with zero attached hydrogens (tertiary/aromatic N) is 2. The lowest BCUT2D eigenvalue weighted by atomic mass is 10.1. The largest absolute Gasteiger partial charge is 0.497 e. The molecule has 0 saturated heterocycles. The highest BCUT2D eigenvalue weighted by Crippen LogP contribution is 2.29. The second-order valence-corrected chi connectivity index (χ2v) is 12.5. The Morgan fingerprint density at radius 1 is 0.951 bits per heavy atom. The zero-order valence-corrected chi connectivity index (χ0v) is 26.1. The van der Waals surface area contributed by atoms with Crippen molar-refractivity contribution in [2.75, 3.05) is 18.0 Å². The SMILES string of the molecule is CC[C@@H](C(=O)NC(C)C)N(Cc1c(Cl)cccc1Cl)C(=O)CN(c1ccc(OC)cc1)S(=O)(=O)c1ccc(C)cc1. The van der Waals surface area contributed by atoms with E-state index in [9.17, 15) is 18.0 Å². The van der Waals surface area contributed by atoms with E-state index >= 15 is 0 Å². The van der Waals surface area contributed by atoms with Crippen LogP contribution in [-0.2, 0) is 26.2 Å². The number of rotatable bonds is 12. The Labute approximate surface area is 252 Å². The number of carbonyl (C=O) groups excluding carboxylic acids is 2. The summed E-state index contributed by atoms with van der Waals surface area (Å²) in [5, 5.41) is 3.51. The van der Waals surface area contributed by atoms with E-state index in [1.165, 1.54) is 24.1 Å². The van der Waals surface area contributed by atoms with Crippen molar-refractivity contribution in [2.45, 2.75) is 57.6 Å². The van der Waals surface area contributed by atoms with Crippen molar-refractivity contribution < 1.29 is 22.7 Å². The lowest BCUT2D eigenvalue weighted by Crippen LogP contribution is -2.53. The summed E-state index contributed by atoms with van der Waals surface area (Å²) in [5.74, 6) is -0.436. The molecule has 0 saturated carbocycles. The highest BCUT2D eigenvalue weighted by Gasteiger charge is 2.34. The molecule has 3 aromatic carbocycles. The van der Waals surface area contributed by atoms with E-state index in [-0.39, 0.29) is 35.5 Å². The first-order chi connectivity index (χ1) is 19.4. The number of aryl methyl sites for hydroxylation is 1. The molecule has 41 heavy (non-hydrogen) atoms. The molecule has 1 atom stereocenters. The molecule has 0 radical (unpaired) electrons. The fraction of sp³-hybridized carbons (Fsp3) is 0.333. The van der Waals surface area contributed by atoms with Crippen LogP contribution in [0.3, 0.4) is 0 Å². The Balaban J connectivity index is 2.10. The fourth-order valence-electron chi connectivity index (χ4n) is 4.27. The number of hydrogen-bond acceptors (Lipinski definition) is 5. The molecule has 3 aromatic rings. The van der Waals surface area contributed by atoms with Crippen LogP contribution >= 0.6 is 23.2 Å². The molecule has 0 spiro atoms. The van der Waals surface area contributed by atoms with Crippen LogP contribution in [0.15, 0.2) is 71.6 Å². The zero-order valence-electron chi connectivity index (χ0n) is 23.7. The Morgan fingerprint density at radius 3 is 2.05 bits per heavy atom. The minimum absolute atomic E-state index is 0.0250. The monoisotopic (exact) mass is 619 g/mol. The van der Waals surface area contributed by atoms with Gasteiger partial charge in [-0.05, 0) is 75.7 Å². The molecule has 11 heteroatoms. The molecule has 0 aliphatic carbocycles. The van der Waals surface area contributed by atoms with Gasteiger partial charge in [-0.25, -0.2) is 8.42 Å². The number of carbonyl (C=O) groups is 2. The maximum atomic E-state index is 14.1. The first-order valence-electron chi connectivity index (χ1n) is 13.1. The Morgan fingerprint density at radius 2 is 1.54 bits per heavy atom. The van der Waals surface area contributed by atoms with Gasteiger partial charge in [0.1, 0.15) is 18.3 Å². The van der Waals surface area contributed by atoms with Crippen LogP contribution in [0.1, 0.15) is 38.3 Å². The third-order valence-corrected chi connectivity index (χ3v) is 8.95. The lowest BCUT2D eigenvalue weighted by molar-refractivity contribution is -0.140. The van der Waals surface area contributed by atoms with Crippen LogP contribution < -0.4 is 14.4 Å². The van der Waals surface area contributed by atoms with Crippen LogP contribution in [0.4, 0.5) is 5.69 Å². The summed E-state index contributed by atoms with van der Waals surface area (Å²) >= 11 is 12.9. The van der Waals surface area contributed by atoms with E-state index in [1.54, 1.807) is 61.5 Å². The van der Waals surface area contributed by atoms with Crippen molar-refractivity contribution in [3.05, 3.63) is 87.9 Å². The number of benzene rings is 3. The van der Waals surface area contributed by atoms with Gasteiger partial charge in [0.25, 0.3) is 10.0 Å². The molecular formula is C30H35Cl2N3O5S. The van der Waals surface area contributed by atoms with Crippen molar-refractivity contribution in [1.29, 1.82) is 0 Å². The first-order valence-corrected chi connectivity index (χ1v) is 15.3. The van der Waals surface area contributed by atoms with Crippen molar-refractivity contribution in [2.24, 2.45) is 0 Å². The molecule has 8 nitrogen and oxygen atoms in total. The fourth-order valence-corrected chi connectivity index (χ4v) is 6.20. The molecule has 0 fully saturated rings. The lowest BCUT2D eigenvalue weighted by Gasteiger charge is -2.34. The van der Waals surface area contributed by atoms with Gasteiger partial charge in [-0.1, -0.05) is 53.9 Å². The number of nitrogens with one attached hydrogen (secondary N) is 1. The molecule has 0 aliphatic rings. The van der Waals surface area contributed by atoms with E-state index < -0.39 is 28.5 Å². The van der Waals surface area contributed by atoms with Crippen molar-refractivity contribution in [3.8, 4) is 5.75 Å². The van der Waals surface area contributed by atoms with Crippen molar-refractivity contribution >= 4 is 50.7 Å². The summed E-state index contributed by atoms with van der Waals surface area (Å²) in [6.07, 6.45) is 0.277. The average molecular weight is 621 g/mol. The number of amides is 2. The van der Waals surface area contributed by atoms with E-state index in [2.05, 4.69) is 5.32 Å². The van der Waals surface area contributed by atoms with Crippen LogP contribution in [-0.4, -0.2) is 50.9 Å². The number of halogens is 2. The summed E-state index contributed by atoms with van der Waals surface area (Å²) in [4.78, 5) is 28.7. The minimum Gasteiger partial charge on any atom is -0.497 e. The van der Waals surface area contributed by atoms with Gasteiger partial charge < -0.3 is 15.0 Å². The summed E-state index contributed by atoms with van der Waals surface area (Å²) in [7, 11) is -2.68. The third kappa shape index (κ3) is 7.93. The normalized spacial score (nSPS) is 12.1. The van der Waals surface area contributed by atoms with E-state index in [4.69, 9.17) is 27.9 Å². The predicted octanol–water partition coefficient (Wildman–Crippen LogP) is 5.84. The second-order valence-electron chi connectivity index (χ2n) is 9.83. The maximum Gasteiger partial charge on any atom is 0.264 e. The van der Waals surface area contributed by atoms with Crippen LogP contribution in [0, 0.1) is 6.92 Å². The topological polar surface area (TPSA) is 96.0 Å². The van der Waals surface area contributed by atoms with Crippen LogP contribution in [0.2, 0.25) is 10.0 Å². The van der Waals surface area contributed by atoms with Gasteiger partial charge in [0.05, 0.1) is 17.7 Å². The first kappa shape index (κ1) is 32.2. The van der Waals surface area contributed by atoms with Gasteiger partial charge in [-0.15, -0.1) is 0 Å².